The van der Waals surface area contributed by atoms with Crippen LogP contribution in [0.2, 0.25) is 0 Å². The summed E-state index contributed by atoms with van der Waals surface area (Å²) in [4.78, 5) is 53.7. The number of carboxylic acid groups (broad SMARTS) is 1. The first-order chi connectivity index (χ1) is 15.6. The largest absolute Gasteiger partial charge is 0.480 e. The van der Waals surface area contributed by atoms with Gasteiger partial charge in [-0.25, -0.2) is 19.3 Å². The summed E-state index contributed by atoms with van der Waals surface area (Å²) >= 11 is 0. The lowest BCUT2D eigenvalue weighted by Gasteiger charge is -2.46. The predicted molar refractivity (Wildman–Crippen MR) is 122 cm³/mol. The summed E-state index contributed by atoms with van der Waals surface area (Å²) in [6.07, 6.45) is 3.31. The molecule has 33 heavy (non-hydrogen) atoms. The fourth-order valence-electron chi connectivity index (χ4n) is 4.65. The molecular weight excluding hydrogens is 428 g/mol. The molecule has 3 N–H and O–H groups in total. The molecular formula is C23H40N4O6. The highest BCUT2D eigenvalue weighted by molar-refractivity contribution is 6.07. The number of rotatable bonds is 10. The van der Waals surface area contributed by atoms with Crippen LogP contribution in [0.1, 0.15) is 59.8 Å². The van der Waals surface area contributed by atoms with E-state index in [1.165, 1.54) is 4.90 Å². The molecule has 2 heterocycles. The monoisotopic (exact) mass is 468 g/mol. The van der Waals surface area contributed by atoms with Crippen LogP contribution in [0.15, 0.2) is 0 Å². The van der Waals surface area contributed by atoms with Crippen LogP contribution in [0.4, 0.5) is 9.59 Å². The standard InChI is InChI=1S/C23H40N4O6/c1-15(2)19(16(3)4)33-23(32)26-13-11-25(12-14-26)22(31)27-18(21(29)30)17(20(27)28)9-7-5-6-8-10-24/h15-19H,5-14,24H2,1-4H3,(H,29,30)/t17-,18+/m1/s1. The molecule has 0 bridgehead atoms. The van der Waals surface area contributed by atoms with Crippen molar-refractivity contribution in [2.24, 2.45) is 23.5 Å². The van der Waals surface area contributed by atoms with E-state index >= 15 is 0 Å². The summed E-state index contributed by atoms with van der Waals surface area (Å²) in [5.41, 5.74) is 5.47. The number of ether oxygens (including phenoxy) is 1. The molecule has 0 aromatic rings. The number of nitrogens with two attached hydrogens (primary N) is 1. The third-order valence-electron chi connectivity index (χ3n) is 6.50. The fraction of sp³-hybridized carbons (Fsp3) is 0.826. The van der Waals surface area contributed by atoms with Gasteiger partial charge in [0, 0.05) is 26.2 Å². The van der Waals surface area contributed by atoms with E-state index in [1.807, 2.05) is 27.7 Å². The quantitative estimate of drug-likeness (QED) is 0.371. The number of amides is 4. The minimum atomic E-state index is -1.16. The summed E-state index contributed by atoms with van der Waals surface area (Å²) in [6.45, 7) is 9.63. The van der Waals surface area contributed by atoms with Gasteiger partial charge in [0.2, 0.25) is 5.91 Å². The number of hydrogen-bond acceptors (Lipinski definition) is 6. The van der Waals surface area contributed by atoms with E-state index in [9.17, 15) is 24.3 Å². The second-order valence-corrected chi connectivity index (χ2v) is 9.68. The first-order valence-electron chi connectivity index (χ1n) is 12.1. The van der Waals surface area contributed by atoms with Crippen molar-refractivity contribution >= 4 is 24.0 Å². The van der Waals surface area contributed by atoms with E-state index in [-0.39, 0.29) is 44.1 Å². The number of imide groups is 1. The van der Waals surface area contributed by atoms with Crippen molar-refractivity contribution in [1.29, 1.82) is 0 Å². The van der Waals surface area contributed by atoms with Crippen LogP contribution in [0.25, 0.3) is 0 Å². The number of hydrogen-bond donors (Lipinski definition) is 2. The lowest BCUT2D eigenvalue weighted by Crippen LogP contribution is -2.69. The van der Waals surface area contributed by atoms with E-state index in [1.54, 1.807) is 4.90 Å². The Hall–Kier alpha value is -2.36. The lowest BCUT2D eigenvalue weighted by molar-refractivity contribution is -0.167. The number of likely N-dealkylation sites (tertiary alicyclic amines) is 1. The third kappa shape index (κ3) is 6.59. The highest BCUT2D eigenvalue weighted by atomic mass is 16.6. The van der Waals surface area contributed by atoms with Gasteiger partial charge in [-0.3, -0.25) is 4.79 Å². The molecule has 2 rings (SSSR count). The van der Waals surface area contributed by atoms with E-state index < -0.39 is 36.0 Å². The summed E-state index contributed by atoms with van der Waals surface area (Å²) < 4.78 is 5.66. The van der Waals surface area contributed by atoms with Crippen molar-refractivity contribution in [3.8, 4) is 0 Å². The molecule has 2 aliphatic heterocycles. The topological polar surface area (TPSA) is 133 Å². The SMILES string of the molecule is CC(C)C(OC(=O)N1CCN(C(=O)N2C(=O)[C@H](CCCCCCN)[C@H]2C(=O)O)CC1)C(C)C. The van der Waals surface area contributed by atoms with Crippen LogP contribution in [-0.4, -0.2) is 88.7 Å². The zero-order valence-electron chi connectivity index (χ0n) is 20.4. The van der Waals surface area contributed by atoms with Crippen LogP contribution in [0.5, 0.6) is 0 Å². The maximum Gasteiger partial charge on any atom is 0.410 e. The Balaban J connectivity index is 1.88. The molecule has 0 saturated carbocycles. The molecule has 188 valence electrons. The number of carbonyl (C=O) groups excluding carboxylic acids is 3. The lowest BCUT2D eigenvalue weighted by atomic mass is 9.83. The van der Waals surface area contributed by atoms with Crippen LogP contribution in [-0.2, 0) is 14.3 Å². The van der Waals surface area contributed by atoms with E-state index in [4.69, 9.17) is 10.5 Å². The number of urea groups is 1. The Morgan fingerprint density at radius 2 is 1.52 bits per heavy atom. The van der Waals surface area contributed by atoms with Crippen molar-refractivity contribution in [2.45, 2.75) is 71.9 Å². The van der Waals surface area contributed by atoms with Crippen molar-refractivity contribution in [3.63, 3.8) is 0 Å². The first kappa shape index (κ1) is 26.9. The first-order valence-corrected chi connectivity index (χ1v) is 12.1. The minimum Gasteiger partial charge on any atom is -0.480 e. The zero-order chi connectivity index (χ0) is 24.7. The molecule has 0 aromatic heterocycles. The minimum absolute atomic E-state index is 0.191. The number of carbonyl (C=O) groups is 4. The van der Waals surface area contributed by atoms with E-state index in [0.717, 1.165) is 30.6 Å². The molecule has 0 radical (unpaired) electrons. The van der Waals surface area contributed by atoms with E-state index in [2.05, 4.69) is 0 Å². The average Bonchev–Trinajstić information content (AvgIpc) is 2.76. The molecule has 4 amide bonds. The molecule has 2 fully saturated rings. The second kappa shape index (κ2) is 12.2. The fourth-order valence-corrected chi connectivity index (χ4v) is 4.65. The van der Waals surface area contributed by atoms with Gasteiger partial charge in [0.25, 0.3) is 0 Å². The number of aliphatic carboxylic acids is 1. The smallest absolute Gasteiger partial charge is 0.410 e. The summed E-state index contributed by atoms with van der Waals surface area (Å²) in [7, 11) is 0. The van der Waals surface area contributed by atoms with Gasteiger partial charge >= 0.3 is 18.1 Å². The summed E-state index contributed by atoms with van der Waals surface area (Å²) in [5, 5.41) is 9.62. The van der Waals surface area contributed by atoms with Crippen LogP contribution >= 0.6 is 0 Å². The van der Waals surface area contributed by atoms with Crippen molar-refractivity contribution in [2.75, 3.05) is 32.7 Å². The molecule has 0 unspecified atom stereocenters. The zero-order valence-corrected chi connectivity index (χ0v) is 20.4. The van der Waals surface area contributed by atoms with Crippen molar-refractivity contribution in [1.82, 2.24) is 14.7 Å². The molecule has 0 aliphatic carbocycles. The predicted octanol–water partition coefficient (Wildman–Crippen LogP) is 2.36. The van der Waals surface area contributed by atoms with Gasteiger partial charge in [-0.2, -0.15) is 0 Å². The Kier molecular flexibility index (Phi) is 9.94. The van der Waals surface area contributed by atoms with Crippen LogP contribution in [0, 0.1) is 17.8 Å². The third-order valence-corrected chi connectivity index (χ3v) is 6.50. The second-order valence-electron chi connectivity index (χ2n) is 9.68. The number of unbranched alkanes of at least 4 members (excludes halogenated alkanes) is 3. The van der Waals surface area contributed by atoms with Crippen molar-refractivity contribution in [3.05, 3.63) is 0 Å². The van der Waals surface area contributed by atoms with Gasteiger partial charge in [-0.05, 0) is 31.2 Å². The number of nitrogens with zero attached hydrogens (tertiary/aromatic N) is 3. The highest BCUT2D eigenvalue weighted by Crippen LogP contribution is 2.33. The Labute approximate surface area is 196 Å². The highest BCUT2D eigenvalue weighted by Gasteiger charge is 2.55. The maximum atomic E-state index is 12.9. The van der Waals surface area contributed by atoms with Gasteiger partial charge in [0.15, 0.2) is 6.04 Å². The summed E-state index contributed by atoms with van der Waals surface area (Å²) in [6, 6.07) is -1.72. The molecule has 10 heteroatoms. The van der Waals surface area contributed by atoms with Gasteiger partial charge in [-0.1, -0.05) is 47.0 Å². The number of piperazine rings is 1. The van der Waals surface area contributed by atoms with Crippen LogP contribution < -0.4 is 5.73 Å². The Bertz CT molecular complexity index is 697. The average molecular weight is 469 g/mol. The van der Waals surface area contributed by atoms with Gasteiger partial charge in [0.1, 0.15) is 6.10 Å². The maximum absolute atomic E-state index is 12.9. The summed E-state index contributed by atoms with van der Waals surface area (Å²) in [5.74, 6) is -1.87. The molecule has 0 spiro atoms. The number of β-lactam (4-membered cyclic amide) rings is 1. The molecule has 2 saturated heterocycles. The van der Waals surface area contributed by atoms with Gasteiger partial charge in [-0.15, -0.1) is 0 Å². The Morgan fingerprint density at radius 3 is 2.03 bits per heavy atom. The number of carboxylic acids is 1. The normalized spacial score (nSPS) is 21.1. The molecule has 2 atom stereocenters. The van der Waals surface area contributed by atoms with Crippen molar-refractivity contribution < 1.29 is 29.0 Å². The molecule has 10 nitrogen and oxygen atoms in total. The molecule has 0 aromatic carbocycles. The van der Waals surface area contributed by atoms with Gasteiger partial charge < -0.3 is 25.4 Å². The molecule has 2 aliphatic rings. The van der Waals surface area contributed by atoms with Crippen LogP contribution in [0.3, 0.4) is 0 Å². The Morgan fingerprint density at radius 1 is 0.970 bits per heavy atom. The van der Waals surface area contributed by atoms with E-state index in [0.29, 0.717) is 13.0 Å². The van der Waals surface area contributed by atoms with Gasteiger partial charge in [0.05, 0.1) is 5.92 Å².